The molecule has 9 nitrogen and oxygen atoms in total. The normalized spacial score (nSPS) is 23.7. The van der Waals surface area contributed by atoms with E-state index < -0.39 is 21.9 Å². The predicted molar refractivity (Wildman–Crippen MR) is 134 cm³/mol. The number of pyridine rings is 1. The lowest BCUT2D eigenvalue weighted by atomic mass is 9.94. The van der Waals surface area contributed by atoms with E-state index >= 15 is 8.78 Å². The number of hydrogen-bond donors (Lipinski definition) is 1. The van der Waals surface area contributed by atoms with Crippen LogP contribution in [0.4, 0.5) is 20.3 Å². The quantitative estimate of drug-likeness (QED) is 0.545. The van der Waals surface area contributed by atoms with Gasteiger partial charge < -0.3 is 20.3 Å². The molecule has 3 fully saturated rings. The summed E-state index contributed by atoms with van der Waals surface area (Å²) in [7, 11) is -3.78. The number of nitrogens with zero attached hydrogens (tertiary/aromatic N) is 4. The van der Waals surface area contributed by atoms with Crippen LogP contribution in [0.2, 0.25) is 5.15 Å². The van der Waals surface area contributed by atoms with Crippen LogP contribution >= 0.6 is 11.6 Å². The van der Waals surface area contributed by atoms with Gasteiger partial charge in [-0.2, -0.15) is 4.31 Å². The van der Waals surface area contributed by atoms with Crippen LogP contribution < -0.4 is 15.5 Å². The second-order valence-electron chi connectivity index (χ2n) is 9.57. The van der Waals surface area contributed by atoms with E-state index in [0.29, 0.717) is 18.8 Å². The SMILES string of the molecule is NC1CC(=O)N(c2ccc(S(=O)(=O)N3CCN(c4cc(C(F)(F)C5CCOC5)cc(Cl)n4)CC3)cc2)C1. The van der Waals surface area contributed by atoms with Crippen molar-refractivity contribution in [3.05, 3.63) is 47.1 Å². The summed E-state index contributed by atoms with van der Waals surface area (Å²) in [6, 6.07) is 8.44. The minimum atomic E-state index is -3.78. The molecule has 3 aliphatic rings. The van der Waals surface area contributed by atoms with E-state index in [9.17, 15) is 13.2 Å². The van der Waals surface area contributed by atoms with Gasteiger partial charge >= 0.3 is 0 Å². The third-order valence-corrected chi connectivity index (χ3v) is 9.22. The minimum absolute atomic E-state index is 0.0122. The summed E-state index contributed by atoms with van der Waals surface area (Å²) in [6.07, 6.45) is 0.529. The van der Waals surface area contributed by atoms with Crippen molar-refractivity contribution in [2.24, 2.45) is 11.7 Å². The number of alkyl halides is 2. The van der Waals surface area contributed by atoms with E-state index in [1.807, 2.05) is 0 Å². The Bertz CT molecular complexity index is 1270. The lowest BCUT2D eigenvalue weighted by molar-refractivity contribution is -0.117. The average molecular weight is 556 g/mol. The number of halogens is 3. The molecule has 1 amide bonds. The first-order valence-electron chi connectivity index (χ1n) is 12.1. The number of rotatable bonds is 6. The van der Waals surface area contributed by atoms with Gasteiger partial charge in [0, 0.05) is 63.0 Å². The van der Waals surface area contributed by atoms with Gasteiger partial charge in [-0.05, 0) is 42.8 Å². The van der Waals surface area contributed by atoms with Crippen molar-refractivity contribution in [1.29, 1.82) is 0 Å². The van der Waals surface area contributed by atoms with Crippen LogP contribution in [-0.4, -0.2) is 75.6 Å². The number of nitrogens with two attached hydrogens (primary N) is 1. The van der Waals surface area contributed by atoms with Crippen molar-refractivity contribution in [3.8, 4) is 0 Å². The van der Waals surface area contributed by atoms with E-state index in [4.69, 9.17) is 22.1 Å². The zero-order valence-corrected chi connectivity index (χ0v) is 21.6. The molecule has 0 saturated carbocycles. The van der Waals surface area contributed by atoms with Gasteiger partial charge in [-0.3, -0.25) is 4.79 Å². The number of hydrogen-bond acceptors (Lipinski definition) is 7. The maximum Gasteiger partial charge on any atom is 0.278 e. The molecule has 2 atom stereocenters. The standard InChI is InChI=1S/C24H28ClF2N5O4S/c25-21-11-17(24(26,27)16-5-10-36-15-16)12-22(29-21)30-6-8-31(9-7-30)37(34,35)20-3-1-19(2-4-20)32-14-18(28)13-23(32)33/h1-4,11-12,16,18H,5-10,13-15,28H2. The molecule has 37 heavy (non-hydrogen) atoms. The van der Waals surface area contributed by atoms with Crippen LogP contribution in [0, 0.1) is 5.92 Å². The van der Waals surface area contributed by atoms with Crippen molar-refractivity contribution < 1.29 is 26.7 Å². The molecule has 3 saturated heterocycles. The molecule has 0 radical (unpaired) electrons. The Kier molecular flexibility index (Phi) is 7.14. The molecule has 0 spiro atoms. The fraction of sp³-hybridized carbons (Fsp3) is 0.500. The number of carbonyl (C=O) groups excluding carboxylic acids is 1. The summed E-state index contributed by atoms with van der Waals surface area (Å²) in [4.78, 5) is 19.7. The highest BCUT2D eigenvalue weighted by atomic mass is 35.5. The zero-order valence-electron chi connectivity index (χ0n) is 20.0. The number of piperazine rings is 1. The number of amides is 1. The Morgan fingerprint density at radius 3 is 2.41 bits per heavy atom. The van der Waals surface area contributed by atoms with Gasteiger partial charge in [0.25, 0.3) is 5.92 Å². The van der Waals surface area contributed by atoms with Crippen LogP contribution in [0.25, 0.3) is 0 Å². The van der Waals surface area contributed by atoms with Gasteiger partial charge in [0.1, 0.15) is 11.0 Å². The van der Waals surface area contributed by atoms with Gasteiger partial charge in [-0.25, -0.2) is 22.2 Å². The first-order valence-corrected chi connectivity index (χ1v) is 13.9. The Balaban J connectivity index is 1.27. The predicted octanol–water partition coefficient (Wildman–Crippen LogP) is 2.44. The van der Waals surface area contributed by atoms with Gasteiger partial charge in [0.05, 0.1) is 17.4 Å². The molecule has 1 aromatic carbocycles. The van der Waals surface area contributed by atoms with E-state index in [1.54, 1.807) is 21.9 Å². The lowest BCUT2D eigenvalue weighted by Gasteiger charge is -2.35. The van der Waals surface area contributed by atoms with Crippen LogP contribution in [0.5, 0.6) is 0 Å². The van der Waals surface area contributed by atoms with Gasteiger partial charge in [-0.1, -0.05) is 11.6 Å². The van der Waals surface area contributed by atoms with E-state index in [0.717, 1.165) is 0 Å². The van der Waals surface area contributed by atoms with Gasteiger partial charge in [0.2, 0.25) is 15.9 Å². The summed E-state index contributed by atoms with van der Waals surface area (Å²) in [5.74, 6) is -3.84. The third kappa shape index (κ3) is 5.17. The number of sulfonamides is 1. The van der Waals surface area contributed by atoms with Crippen molar-refractivity contribution in [2.75, 3.05) is 55.7 Å². The lowest BCUT2D eigenvalue weighted by Crippen LogP contribution is -2.49. The fourth-order valence-corrected chi connectivity index (χ4v) is 6.61. The Hall–Kier alpha value is -2.38. The molecule has 2 N–H and O–H groups in total. The van der Waals surface area contributed by atoms with Crippen LogP contribution in [0.3, 0.4) is 0 Å². The Labute approximate surface area is 219 Å². The monoisotopic (exact) mass is 555 g/mol. The molecule has 1 aromatic heterocycles. The Morgan fingerprint density at radius 1 is 1.11 bits per heavy atom. The summed E-state index contributed by atoms with van der Waals surface area (Å²) in [6.45, 7) is 1.52. The molecule has 13 heteroatoms. The van der Waals surface area contributed by atoms with E-state index in [-0.39, 0.29) is 79.0 Å². The second kappa shape index (κ2) is 10.1. The first kappa shape index (κ1) is 26.2. The van der Waals surface area contributed by atoms with Crippen molar-refractivity contribution in [2.45, 2.75) is 29.7 Å². The van der Waals surface area contributed by atoms with E-state index in [2.05, 4.69) is 4.98 Å². The molecule has 2 aromatic rings. The maximum atomic E-state index is 15.1. The number of benzene rings is 1. The van der Waals surface area contributed by atoms with Crippen LogP contribution in [0.1, 0.15) is 18.4 Å². The molecule has 0 aliphatic carbocycles. The smallest absolute Gasteiger partial charge is 0.278 e. The molecule has 5 rings (SSSR count). The summed E-state index contributed by atoms with van der Waals surface area (Å²) in [5, 5.41) is -0.0429. The molecule has 200 valence electrons. The van der Waals surface area contributed by atoms with Crippen LogP contribution in [0.15, 0.2) is 41.3 Å². The van der Waals surface area contributed by atoms with Crippen LogP contribution in [-0.2, 0) is 25.5 Å². The number of carbonyl (C=O) groups is 1. The molecular weight excluding hydrogens is 528 g/mol. The molecule has 0 bridgehead atoms. The summed E-state index contributed by atoms with van der Waals surface area (Å²) < 4.78 is 63.1. The topological polar surface area (TPSA) is 109 Å². The van der Waals surface area contributed by atoms with Crippen molar-refractivity contribution in [1.82, 2.24) is 9.29 Å². The summed E-state index contributed by atoms with van der Waals surface area (Å²) in [5.41, 5.74) is 6.23. The van der Waals surface area contributed by atoms with Gasteiger partial charge in [0.15, 0.2) is 0 Å². The summed E-state index contributed by atoms with van der Waals surface area (Å²) >= 11 is 6.10. The minimum Gasteiger partial charge on any atom is -0.381 e. The van der Waals surface area contributed by atoms with Gasteiger partial charge in [-0.15, -0.1) is 0 Å². The van der Waals surface area contributed by atoms with Crippen molar-refractivity contribution >= 4 is 39.0 Å². The van der Waals surface area contributed by atoms with Crippen molar-refractivity contribution in [3.63, 3.8) is 0 Å². The zero-order chi connectivity index (χ0) is 26.4. The largest absolute Gasteiger partial charge is 0.381 e. The number of ether oxygens (including phenoxy) is 1. The second-order valence-corrected chi connectivity index (χ2v) is 11.9. The highest BCUT2D eigenvalue weighted by Gasteiger charge is 2.44. The molecular formula is C24H28ClF2N5O4S. The Morgan fingerprint density at radius 2 is 1.81 bits per heavy atom. The van der Waals surface area contributed by atoms with E-state index in [1.165, 1.54) is 28.6 Å². The number of anilines is 2. The highest BCUT2D eigenvalue weighted by Crippen LogP contribution is 2.42. The molecule has 3 aliphatic heterocycles. The highest BCUT2D eigenvalue weighted by molar-refractivity contribution is 7.89. The molecule has 4 heterocycles. The average Bonchev–Trinajstić information content (AvgIpc) is 3.54. The fourth-order valence-electron chi connectivity index (χ4n) is 4.98. The molecule has 2 unspecified atom stereocenters. The number of aromatic nitrogens is 1. The third-order valence-electron chi connectivity index (χ3n) is 7.11. The maximum absolute atomic E-state index is 15.1. The first-order chi connectivity index (χ1) is 17.6.